The van der Waals surface area contributed by atoms with Crippen molar-refractivity contribution >= 4 is 27.5 Å². The quantitative estimate of drug-likeness (QED) is 0.840. The molecule has 100 valence electrons. The highest BCUT2D eigenvalue weighted by atomic mass is 79.9. The van der Waals surface area contributed by atoms with E-state index >= 15 is 0 Å². The fourth-order valence-corrected chi connectivity index (χ4v) is 2.26. The molecule has 0 aliphatic carbocycles. The van der Waals surface area contributed by atoms with E-state index in [1.54, 1.807) is 31.2 Å². The van der Waals surface area contributed by atoms with Crippen LogP contribution in [0.4, 0.5) is 4.39 Å². The lowest BCUT2D eigenvalue weighted by Gasteiger charge is -2.11. The summed E-state index contributed by atoms with van der Waals surface area (Å²) in [6.07, 6.45) is -0.661. The smallest absolute Gasteiger partial charge is 0.166 e. The van der Waals surface area contributed by atoms with E-state index in [0.717, 1.165) is 0 Å². The van der Waals surface area contributed by atoms with Crippen molar-refractivity contribution in [2.24, 2.45) is 0 Å². The van der Waals surface area contributed by atoms with Crippen LogP contribution in [0.5, 0.6) is 11.5 Å². The molecule has 0 aromatic heterocycles. The lowest BCUT2D eigenvalue weighted by Crippen LogP contribution is -1.94. The zero-order valence-corrected chi connectivity index (χ0v) is 12.4. The number of benzene rings is 2. The van der Waals surface area contributed by atoms with E-state index in [1.165, 1.54) is 12.1 Å². The van der Waals surface area contributed by atoms with Gasteiger partial charge in [0.15, 0.2) is 11.6 Å². The summed E-state index contributed by atoms with van der Waals surface area (Å²) in [5.74, 6) is 0.0600. The molecule has 0 radical (unpaired) electrons. The van der Waals surface area contributed by atoms with Gasteiger partial charge in [-0.1, -0.05) is 33.6 Å². The molecule has 0 spiro atoms. The first-order valence-corrected chi connectivity index (χ1v) is 6.75. The largest absolute Gasteiger partial charge is 0.454 e. The van der Waals surface area contributed by atoms with Crippen LogP contribution in [-0.4, -0.2) is 5.11 Å². The normalized spacial score (nSPS) is 12.3. The molecule has 2 rings (SSSR count). The third-order valence-electron chi connectivity index (χ3n) is 2.54. The van der Waals surface area contributed by atoms with Crippen molar-refractivity contribution in [3.05, 3.63) is 57.3 Å². The lowest BCUT2D eigenvalue weighted by atomic mass is 10.1. The third kappa shape index (κ3) is 3.47. The van der Waals surface area contributed by atoms with Crippen molar-refractivity contribution in [2.45, 2.75) is 13.0 Å². The fourth-order valence-electron chi connectivity index (χ4n) is 1.60. The van der Waals surface area contributed by atoms with Crippen molar-refractivity contribution in [2.75, 3.05) is 0 Å². The molecule has 0 aliphatic rings. The topological polar surface area (TPSA) is 29.5 Å². The summed E-state index contributed by atoms with van der Waals surface area (Å²) in [4.78, 5) is 0. The minimum Gasteiger partial charge on any atom is -0.454 e. The van der Waals surface area contributed by atoms with Gasteiger partial charge in [-0.3, -0.25) is 0 Å². The van der Waals surface area contributed by atoms with Crippen molar-refractivity contribution in [3.63, 3.8) is 0 Å². The number of rotatable bonds is 3. The molecule has 0 heterocycles. The maximum atomic E-state index is 13.6. The van der Waals surface area contributed by atoms with Crippen molar-refractivity contribution in [1.82, 2.24) is 0 Å². The van der Waals surface area contributed by atoms with Gasteiger partial charge in [-0.25, -0.2) is 4.39 Å². The van der Waals surface area contributed by atoms with E-state index in [-0.39, 0.29) is 5.75 Å². The second-order valence-electron chi connectivity index (χ2n) is 4.04. The lowest BCUT2D eigenvalue weighted by molar-refractivity contribution is 0.199. The first kappa shape index (κ1) is 14.3. The van der Waals surface area contributed by atoms with Crippen LogP contribution >= 0.6 is 27.5 Å². The molecule has 5 heteroatoms. The molecule has 1 unspecified atom stereocenters. The van der Waals surface area contributed by atoms with E-state index in [2.05, 4.69) is 15.9 Å². The SMILES string of the molecule is CC(O)c1ccc(Oc2ccc(Br)cc2F)cc1Cl. The predicted molar refractivity (Wildman–Crippen MR) is 76.3 cm³/mol. The summed E-state index contributed by atoms with van der Waals surface area (Å²) in [5, 5.41) is 9.85. The first-order valence-electron chi connectivity index (χ1n) is 5.58. The zero-order valence-electron chi connectivity index (χ0n) is 10.0. The molecule has 0 amide bonds. The Bertz CT molecular complexity index is 602. The van der Waals surface area contributed by atoms with Gasteiger partial charge in [-0.2, -0.15) is 0 Å². The van der Waals surface area contributed by atoms with Crippen molar-refractivity contribution in [1.29, 1.82) is 0 Å². The van der Waals surface area contributed by atoms with E-state index in [9.17, 15) is 9.50 Å². The second-order valence-corrected chi connectivity index (χ2v) is 5.36. The van der Waals surface area contributed by atoms with Crippen LogP contribution in [-0.2, 0) is 0 Å². The number of hydrogen-bond donors (Lipinski definition) is 1. The Morgan fingerprint density at radius 1 is 1.26 bits per heavy atom. The highest BCUT2D eigenvalue weighted by Gasteiger charge is 2.10. The molecular formula is C14H11BrClFO2. The molecule has 1 atom stereocenters. The van der Waals surface area contributed by atoms with Gasteiger partial charge in [0.25, 0.3) is 0 Å². The Balaban J connectivity index is 2.26. The molecule has 2 nitrogen and oxygen atoms in total. The van der Waals surface area contributed by atoms with Crippen LogP contribution in [0.15, 0.2) is 40.9 Å². The van der Waals surface area contributed by atoms with Gasteiger partial charge in [0.2, 0.25) is 0 Å². The second kappa shape index (κ2) is 5.90. The standard InChI is InChI=1S/C14H11BrClFO2/c1-8(18)11-4-3-10(7-12(11)16)19-14-5-2-9(15)6-13(14)17/h2-8,18H,1H3. The van der Waals surface area contributed by atoms with Gasteiger partial charge in [0.1, 0.15) is 5.75 Å². The summed E-state index contributed by atoms with van der Waals surface area (Å²) in [6, 6.07) is 9.36. The molecule has 0 bridgehead atoms. The summed E-state index contributed by atoms with van der Waals surface area (Å²) >= 11 is 9.19. The Hall–Kier alpha value is -1.10. The van der Waals surface area contributed by atoms with Crippen LogP contribution in [0.2, 0.25) is 5.02 Å². The Labute approximate surface area is 123 Å². The van der Waals surface area contributed by atoms with Gasteiger partial charge < -0.3 is 9.84 Å². The number of halogens is 3. The summed E-state index contributed by atoms with van der Waals surface area (Å²) in [5.41, 5.74) is 0.602. The molecule has 19 heavy (non-hydrogen) atoms. The maximum absolute atomic E-state index is 13.6. The van der Waals surface area contributed by atoms with Gasteiger partial charge >= 0.3 is 0 Å². The minimum absolute atomic E-state index is 0.115. The van der Waals surface area contributed by atoms with Gasteiger partial charge in [-0.05, 0) is 42.8 Å². The van der Waals surface area contributed by atoms with Crippen LogP contribution in [0.3, 0.4) is 0 Å². The number of aliphatic hydroxyl groups is 1. The first-order chi connectivity index (χ1) is 8.97. The van der Waals surface area contributed by atoms with Crippen molar-refractivity contribution in [3.8, 4) is 11.5 Å². The maximum Gasteiger partial charge on any atom is 0.166 e. The highest BCUT2D eigenvalue weighted by Crippen LogP contribution is 2.31. The number of aliphatic hydroxyl groups excluding tert-OH is 1. The van der Waals surface area contributed by atoms with E-state index in [4.69, 9.17) is 16.3 Å². The van der Waals surface area contributed by atoms with Crippen LogP contribution in [0, 0.1) is 5.82 Å². The highest BCUT2D eigenvalue weighted by molar-refractivity contribution is 9.10. The molecule has 0 saturated carbocycles. The van der Waals surface area contributed by atoms with Crippen LogP contribution in [0.25, 0.3) is 0 Å². The average molecular weight is 346 g/mol. The fraction of sp³-hybridized carbons (Fsp3) is 0.143. The summed E-state index contributed by atoms with van der Waals surface area (Å²) < 4.78 is 19.7. The zero-order chi connectivity index (χ0) is 14.0. The molecule has 0 aliphatic heterocycles. The molecule has 0 fully saturated rings. The Kier molecular flexibility index (Phi) is 4.45. The number of hydrogen-bond acceptors (Lipinski definition) is 2. The summed E-state index contributed by atoms with van der Waals surface area (Å²) in [6.45, 7) is 1.62. The minimum atomic E-state index is -0.661. The predicted octanol–water partition coefficient (Wildman–Crippen LogP) is 5.09. The van der Waals surface area contributed by atoms with Crippen molar-refractivity contribution < 1.29 is 14.2 Å². The third-order valence-corrected chi connectivity index (χ3v) is 3.36. The molecule has 1 N–H and O–H groups in total. The van der Waals surface area contributed by atoms with E-state index in [0.29, 0.717) is 20.8 Å². The molecular weight excluding hydrogens is 335 g/mol. The van der Waals surface area contributed by atoms with Gasteiger partial charge in [-0.15, -0.1) is 0 Å². The number of ether oxygens (including phenoxy) is 1. The van der Waals surface area contributed by atoms with Crippen LogP contribution in [0.1, 0.15) is 18.6 Å². The monoisotopic (exact) mass is 344 g/mol. The van der Waals surface area contributed by atoms with Crippen LogP contribution < -0.4 is 4.74 Å². The summed E-state index contributed by atoms with van der Waals surface area (Å²) in [7, 11) is 0. The van der Waals surface area contributed by atoms with Gasteiger partial charge in [0.05, 0.1) is 11.1 Å². The molecule has 2 aromatic carbocycles. The molecule has 2 aromatic rings. The Morgan fingerprint density at radius 2 is 2.00 bits per heavy atom. The van der Waals surface area contributed by atoms with E-state index < -0.39 is 11.9 Å². The van der Waals surface area contributed by atoms with E-state index in [1.807, 2.05) is 0 Å². The average Bonchev–Trinajstić information content (AvgIpc) is 2.32. The Morgan fingerprint density at radius 3 is 2.58 bits per heavy atom. The molecule has 0 saturated heterocycles. The van der Waals surface area contributed by atoms with Gasteiger partial charge in [0, 0.05) is 4.47 Å².